The summed E-state index contributed by atoms with van der Waals surface area (Å²) in [6.07, 6.45) is -0.661. The molecular weight excluding hydrogens is 399 g/mol. The summed E-state index contributed by atoms with van der Waals surface area (Å²) in [5.74, 6) is 0.340. The molecule has 3 heterocycles. The van der Waals surface area contributed by atoms with Crippen LogP contribution in [0, 0.1) is 5.92 Å². The van der Waals surface area contributed by atoms with Crippen LogP contribution in [-0.2, 0) is 11.0 Å². The highest BCUT2D eigenvalue weighted by atomic mass is 19.4. The van der Waals surface area contributed by atoms with E-state index in [0.717, 1.165) is 25.1 Å². The molecule has 0 unspecified atom stereocenters. The standard InChI is InChI=1S/C20H28F3N5O2/c1-26(2)19(30)27-10-7-14(8-11-27)18(29)25-16-4-3-9-28(13-16)17-6-5-15(12-24-17)20(21,22)23/h5-6,12,14,16H,3-4,7-11,13H2,1-2H3,(H,25,29)/t16-/m1/s1. The molecule has 2 aliphatic heterocycles. The minimum Gasteiger partial charge on any atom is -0.355 e. The Hall–Kier alpha value is -2.52. The summed E-state index contributed by atoms with van der Waals surface area (Å²) in [7, 11) is 3.42. The molecule has 3 amide bonds. The van der Waals surface area contributed by atoms with Gasteiger partial charge in [-0.3, -0.25) is 4.79 Å². The average molecular weight is 427 g/mol. The largest absolute Gasteiger partial charge is 0.417 e. The Morgan fingerprint density at radius 2 is 1.83 bits per heavy atom. The molecule has 0 spiro atoms. The van der Waals surface area contributed by atoms with Crippen LogP contribution >= 0.6 is 0 Å². The number of carbonyl (C=O) groups is 2. The molecule has 0 saturated carbocycles. The van der Waals surface area contributed by atoms with Crippen LogP contribution in [0.2, 0.25) is 0 Å². The number of alkyl halides is 3. The number of halogens is 3. The van der Waals surface area contributed by atoms with E-state index in [2.05, 4.69) is 10.3 Å². The van der Waals surface area contributed by atoms with Crippen LogP contribution in [0.15, 0.2) is 18.3 Å². The van der Waals surface area contributed by atoms with E-state index < -0.39 is 11.7 Å². The third-order valence-electron chi connectivity index (χ3n) is 5.69. The van der Waals surface area contributed by atoms with Crippen LogP contribution in [0.4, 0.5) is 23.8 Å². The summed E-state index contributed by atoms with van der Waals surface area (Å²) in [6, 6.07) is 2.30. The Morgan fingerprint density at radius 1 is 1.13 bits per heavy atom. The van der Waals surface area contributed by atoms with Crippen LogP contribution in [-0.4, -0.2) is 73.0 Å². The summed E-state index contributed by atoms with van der Waals surface area (Å²) in [4.78, 5) is 33.9. The smallest absolute Gasteiger partial charge is 0.355 e. The fourth-order valence-corrected chi connectivity index (χ4v) is 3.98. The van der Waals surface area contributed by atoms with E-state index in [0.29, 0.717) is 44.8 Å². The predicted octanol–water partition coefficient (Wildman–Crippen LogP) is 2.58. The average Bonchev–Trinajstić information content (AvgIpc) is 2.73. The maximum Gasteiger partial charge on any atom is 0.417 e. The highest BCUT2D eigenvalue weighted by Crippen LogP contribution is 2.30. The van der Waals surface area contributed by atoms with Crippen LogP contribution < -0.4 is 10.2 Å². The number of rotatable bonds is 3. The number of pyridine rings is 1. The third kappa shape index (κ3) is 5.34. The molecular formula is C20H28F3N5O2. The van der Waals surface area contributed by atoms with Gasteiger partial charge < -0.3 is 20.0 Å². The lowest BCUT2D eigenvalue weighted by molar-refractivity contribution is -0.137. The van der Waals surface area contributed by atoms with Gasteiger partial charge in [0.05, 0.1) is 5.56 Å². The van der Waals surface area contributed by atoms with Crippen LogP contribution in [0.3, 0.4) is 0 Å². The van der Waals surface area contributed by atoms with Gasteiger partial charge in [-0.25, -0.2) is 9.78 Å². The van der Waals surface area contributed by atoms with Gasteiger partial charge in [-0.15, -0.1) is 0 Å². The fraction of sp³-hybridized carbons (Fsp3) is 0.650. The number of amides is 3. The molecule has 0 aromatic carbocycles. The first-order chi connectivity index (χ1) is 14.1. The molecule has 0 bridgehead atoms. The molecule has 1 atom stereocenters. The molecule has 10 heteroatoms. The lowest BCUT2D eigenvalue weighted by Crippen LogP contribution is -2.51. The Morgan fingerprint density at radius 3 is 2.40 bits per heavy atom. The molecule has 0 aliphatic carbocycles. The molecule has 3 rings (SSSR count). The van der Waals surface area contributed by atoms with E-state index in [1.54, 1.807) is 19.0 Å². The molecule has 1 N–H and O–H groups in total. The van der Waals surface area contributed by atoms with Crippen molar-refractivity contribution in [2.45, 2.75) is 37.9 Å². The van der Waals surface area contributed by atoms with E-state index in [-0.39, 0.29) is 23.9 Å². The molecule has 2 aliphatic rings. The first-order valence-corrected chi connectivity index (χ1v) is 10.2. The van der Waals surface area contributed by atoms with E-state index in [1.807, 2.05) is 4.90 Å². The maximum absolute atomic E-state index is 12.7. The van der Waals surface area contributed by atoms with Crippen molar-refractivity contribution in [2.24, 2.45) is 5.92 Å². The number of hydrogen-bond donors (Lipinski definition) is 1. The van der Waals surface area contributed by atoms with Gasteiger partial charge in [0.15, 0.2) is 0 Å². The summed E-state index contributed by atoms with van der Waals surface area (Å²) in [6.45, 7) is 2.32. The summed E-state index contributed by atoms with van der Waals surface area (Å²) < 4.78 is 38.2. The zero-order chi connectivity index (χ0) is 21.9. The van der Waals surface area contributed by atoms with Gasteiger partial charge in [0.2, 0.25) is 5.91 Å². The van der Waals surface area contributed by atoms with Crippen molar-refractivity contribution in [3.8, 4) is 0 Å². The van der Waals surface area contributed by atoms with Gasteiger partial charge in [0, 0.05) is 58.4 Å². The Labute approximate surface area is 174 Å². The van der Waals surface area contributed by atoms with Gasteiger partial charge in [-0.1, -0.05) is 0 Å². The summed E-state index contributed by atoms with van der Waals surface area (Å²) in [5, 5.41) is 3.09. The van der Waals surface area contributed by atoms with Crippen LogP contribution in [0.5, 0.6) is 0 Å². The second-order valence-corrected chi connectivity index (χ2v) is 8.13. The van der Waals surface area contributed by atoms with Crippen molar-refractivity contribution < 1.29 is 22.8 Å². The Kier molecular flexibility index (Phi) is 6.72. The fourth-order valence-electron chi connectivity index (χ4n) is 3.98. The van der Waals surface area contributed by atoms with Crippen molar-refractivity contribution in [1.29, 1.82) is 0 Å². The first-order valence-electron chi connectivity index (χ1n) is 10.2. The lowest BCUT2D eigenvalue weighted by Gasteiger charge is -2.36. The van der Waals surface area contributed by atoms with Gasteiger partial charge in [0.25, 0.3) is 0 Å². The van der Waals surface area contributed by atoms with Gasteiger partial charge in [-0.05, 0) is 37.8 Å². The van der Waals surface area contributed by atoms with E-state index in [4.69, 9.17) is 0 Å². The topological polar surface area (TPSA) is 68.8 Å². The molecule has 2 saturated heterocycles. The molecule has 7 nitrogen and oxygen atoms in total. The number of likely N-dealkylation sites (tertiary alicyclic amines) is 1. The number of hydrogen-bond acceptors (Lipinski definition) is 4. The minimum absolute atomic E-state index is 0.0146. The lowest BCUT2D eigenvalue weighted by atomic mass is 9.95. The normalized spacial score (nSPS) is 20.8. The number of nitrogens with one attached hydrogen (secondary N) is 1. The van der Waals surface area contributed by atoms with Crippen molar-refractivity contribution in [2.75, 3.05) is 45.2 Å². The van der Waals surface area contributed by atoms with Crippen LogP contribution in [0.25, 0.3) is 0 Å². The van der Waals surface area contributed by atoms with E-state index in [9.17, 15) is 22.8 Å². The predicted molar refractivity (Wildman–Crippen MR) is 106 cm³/mol. The van der Waals surface area contributed by atoms with E-state index >= 15 is 0 Å². The molecule has 0 radical (unpaired) electrons. The van der Waals surface area contributed by atoms with Crippen molar-refractivity contribution in [3.05, 3.63) is 23.9 Å². The minimum atomic E-state index is -4.41. The Bertz CT molecular complexity index is 746. The molecule has 1 aromatic rings. The van der Waals surface area contributed by atoms with Crippen molar-refractivity contribution in [1.82, 2.24) is 20.1 Å². The molecule has 30 heavy (non-hydrogen) atoms. The molecule has 2 fully saturated rings. The van der Waals surface area contributed by atoms with Crippen molar-refractivity contribution >= 4 is 17.8 Å². The number of nitrogens with zero attached hydrogens (tertiary/aromatic N) is 4. The number of carbonyl (C=O) groups excluding carboxylic acids is 2. The first kappa shape index (κ1) is 22.2. The molecule has 166 valence electrons. The SMILES string of the molecule is CN(C)C(=O)N1CCC(C(=O)N[C@@H]2CCCN(c3ccc(C(F)(F)F)cn3)C2)CC1. The van der Waals surface area contributed by atoms with Crippen molar-refractivity contribution in [3.63, 3.8) is 0 Å². The highest BCUT2D eigenvalue weighted by Gasteiger charge is 2.32. The summed E-state index contributed by atoms with van der Waals surface area (Å²) in [5.41, 5.74) is -0.771. The number of anilines is 1. The number of aromatic nitrogens is 1. The quantitative estimate of drug-likeness (QED) is 0.805. The zero-order valence-electron chi connectivity index (χ0n) is 17.3. The second kappa shape index (κ2) is 9.09. The number of piperidine rings is 2. The molecule has 1 aromatic heterocycles. The highest BCUT2D eigenvalue weighted by molar-refractivity contribution is 5.80. The van der Waals surface area contributed by atoms with Gasteiger partial charge in [0.1, 0.15) is 5.82 Å². The second-order valence-electron chi connectivity index (χ2n) is 8.13. The van der Waals surface area contributed by atoms with Gasteiger partial charge in [-0.2, -0.15) is 13.2 Å². The van der Waals surface area contributed by atoms with Crippen LogP contribution in [0.1, 0.15) is 31.2 Å². The third-order valence-corrected chi connectivity index (χ3v) is 5.69. The maximum atomic E-state index is 12.7. The van der Waals surface area contributed by atoms with E-state index in [1.165, 1.54) is 11.0 Å². The summed E-state index contributed by atoms with van der Waals surface area (Å²) >= 11 is 0. The monoisotopic (exact) mass is 427 g/mol. The van der Waals surface area contributed by atoms with Gasteiger partial charge >= 0.3 is 12.2 Å². The Balaban J connectivity index is 1.51. The zero-order valence-corrected chi connectivity index (χ0v) is 17.3. The number of urea groups is 1.